The number of benzene rings is 2. The quantitative estimate of drug-likeness (QED) is 0.893. The second kappa shape index (κ2) is 6.74. The van der Waals surface area contributed by atoms with Crippen molar-refractivity contribution < 1.29 is 13.2 Å². The normalized spacial score (nSPS) is 12.9. The fourth-order valence-electron chi connectivity index (χ4n) is 2.19. The summed E-state index contributed by atoms with van der Waals surface area (Å²) in [6, 6.07) is 16.2. The lowest BCUT2D eigenvalue weighted by Crippen LogP contribution is -2.28. The third-order valence-electron chi connectivity index (χ3n) is 3.16. The minimum atomic E-state index is -3.41. The molecule has 0 heterocycles. The van der Waals surface area contributed by atoms with Crippen LogP contribution in [0.25, 0.3) is 0 Å². The van der Waals surface area contributed by atoms with Crippen LogP contribution >= 0.6 is 0 Å². The third-order valence-corrected chi connectivity index (χ3v) is 4.59. The Bertz CT molecular complexity index is 684. The SMILES string of the molecule is COc1ccccc1C(C)NS(=O)(=O)Cc1ccccc1. The van der Waals surface area contributed by atoms with E-state index >= 15 is 0 Å². The standard InChI is InChI=1S/C16H19NO3S/c1-13(15-10-6-7-11-16(15)20-2)17-21(18,19)12-14-8-4-3-5-9-14/h3-11,13,17H,12H2,1-2H3. The Morgan fingerprint density at radius 3 is 2.33 bits per heavy atom. The van der Waals surface area contributed by atoms with Crippen LogP contribution in [0.2, 0.25) is 0 Å². The number of hydrogen-bond donors (Lipinski definition) is 1. The lowest BCUT2D eigenvalue weighted by Gasteiger charge is -2.17. The Balaban J connectivity index is 2.13. The molecule has 0 saturated heterocycles. The first-order chi connectivity index (χ1) is 10.0. The highest BCUT2D eigenvalue weighted by molar-refractivity contribution is 7.88. The third kappa shape index (κ3) is 4.31. The summed E-state index contributed by atoms with van der Waals surface area (Å²) in [5.74, 6) is 0.639. The molecule has 1 atom stereocenters. The number of nitrogens with one attached hydrogen (secondary N) is 1. The zero-order valence-electron chi connectivity index (χ0n) is 12.1. The van der Waals surface area contributed by atoms with Crippen molar-refractivity contribution in [1.29, 1.82) is 0 Å². The van der Waals surface area contributed by atoms with E-state index in [0.717, 1.165) is 11.1 Å². The van der Waals surface area contributed by atoms with E-state index < -0.39 is 10.0 Å². The molecule has 0 saturated carbocycles. The van der Waals surface area contributed by atoms with E-state index in [-0.39, 0.29) is 11.8 Å². The Kier molecular flexibility index (Phi) is 4.98. The molecule has 2 aromatic carbocycles. The van der Waals surface area contributed by atoms with Gasteiger partial charge in [-0.1, -0.05) is 48.5 Å². The highest BCUT2D eigenvalue weighted by atomic mass is 32.2. The molecule has 0 radical (unpaired) electrons. The molecule has 112 valence electrons. The molecular formula is C16H19NO3S. The van der Waals surface area contributed by atoms with Crippen molar-refractivity contribution in [2.24, 2.45) is 0 Å². The van der Waals surface area contributed by atoms with E-state index in [0.29, 0.717) is 5.75 Å². The highest BCUT2D eigenvalue weighted by Gasteiger charge is 2.18. The fourth-order valence-corrected chi connectivity index (χ4v) is 3.57. The number of ether oxygens (including phenoxy) is 1. The first kappa shape index (κ1) is 15.5. The lowest BCUT2D eigenvalue weighted by molar-refractivity contribution is 0.405. The molecule has 0 aromatic heterocycles. The van der Waals surface area contributed by atoms with Gasteiger partial charge in [0, 0.05) is 11.6 Å². The first-order valence-corrected chi connectivity index (χ1v) is 8.34. The molecule has 0 spiro atoms. The fraction of sp³-hybridized carbons (Fsp3) is 0.250. The maximum Gasteiger partial charge on any atom is 0.216 e. The predicted molar refractivity (Wildman–Crippen MR) is 83.6 cm³/mol. The number of hydrogen-bond acceptors (Lipinski definition) is 3. The van der Waals surface area contributed by atoms with Crippen molar-refractivity contribution in [1.82, 2.24) is 4.72 Å². The highest BCUT2D eigenvalue weighted by Crippen LogP contribution is 2.25. The topological polar surface area (TPSA) is 55.4 Å². The Morgan fingerprint density at radius 2 is 1.67 bits per heavy atom. The molecule has 2 rings (SSSR count). The number of sulfonamides is 1. The summed E-state index contributed by atoms with van der Waals surface area (Å²) < 4.78 is 32.4. The average molecular weight is 305 g/mol. The first-order valence-electron chi connectivity index (χ1n) is 6.68. The summed E-state index contributed by atoms with van der Waals surface area (Å²) >= 11 is 0. The average Bonchev–Trinajstić information content (AvgIpc) is 2.47. The molecular weight excluding hydrogens is 286 g/mol. The summed E-state index contributed by atoms with van der Waals surface area (Å²) in [7, 11) is -1.84. The van der Waals surface area contributed by atoms with Gasteiger partial charge in [0.05, 0.1) is 12.9 Å². The summed E-state index contributed by atoms with van der Waals surface area (Å²) in [6.07, 6.45) is 0. The molecule has 1 N–H and O–H groups in total. The summed E-state index contributed by atoms with van der Waals surface area (Å²) in [6.45, 7) is 1.81. The van der Waals surface area contributed by atoms with Gasteiger partial charge in [-0.3, -0.25) is 0 Å². The molecule has 5 heteroatoms. The van der Waals surface area contributed by atoms with Crippen LogP contribution < -0.4 is 9.46 Å². The maximum atomic E-state index is 12.2. The van der Waals surface area contributed by atoms with Gasteiger partial charge in [0.1, 0.15) is 5.75 Å². The van der Waals surface area contributed by atoms with Crippen molar-refractivity contribution >= 4 is 10.0 Å². The molecule has 1 unspecified atom stereocenters. The van der Waals surface area contributed by atoms with Crippen LogP contribution in [0.3, 0.4) is 0 Å². The van der Waals surface area contributed by atoms with E-state index in [1.165, 1.54) is 0 Å². The van der Waals surface area contributed by atoms with E-state index in [1.54, 1.807) is 26.2 Å². The van der Waals surface area contributed by atoms with Gasteiger partial charge in [-0.15, -0.1) is 0 Å². The van der Waals surface area contributed by atoms with Crippen LogP contribution in [0.4, 0.5) is 0 Å². The van der Waals surface area contributed by atoms with Gasteiger partial charge in [-0.05, 0) is 18.6 Å². The van der Waals surface area contributed by atoms with Crippen molar-refractivity contribution in [3.8, 4) is 5.75 Å². The van der Waals surface area contributed by atoms with Crippen LogP contribution in [0, 0.1) is 0 Å². The van der Waals surface area contributed by atoms with E-state index in [2.05, 4.69) is 4.72 Å². The van der Waals surface area contributed by atoms with Crippen LogP contribution in [0.1, 0.15) is 24.1 Å². The zero-order valence-corrected chi connectivity index (χ0v) is 12.9. The Morgan fingerprint density at radius 1 is 1.05 bits per heavy atom. The summed E-state index contributed by atoms with van der Waals surface area (Å²) in [5.41, 5.74) is 1.58. The monoisotopic (exact) mass is 305 g/mol. The molecule has 0 bridgehead atoms. The van der Waals surface area contributed by atoms with Gasteiger partial charge in [0.2, 0.25) is 10.0 Å². The van der Waals surface area contributed by atoms with Crippen LogP contribution in [0.5, 0.6) is 5.75 Å². The minimum Gasteiger partial charge on any atom is -0.496 e. The van der Waals surface area contributed by atoms with Crippen molar-refractivity contribution in [3.63, 3.8) is 0 Å². The molecule has 4 nitrogen and oxygen atoms in total. The molecule has 2 aromatic rings. The van der Waals surface area contributed by atoms with Gasteiger partial charge in [0.15, 0.2) is 0 Å². The smallest absolute Gasteiger partial charge is 0.216 e. The Hall–Kier alpha value is -1.85. The molecule has 0 aliphatic carbocycles. The van der Waals surface area contributed by atoms with Gasteiger partial charge >= 0.3 is 0 Å². The Labute approximate surface area is 125 Å². The second-order valence-electron chi connectivity index (χ2n) is 4.83. The molecule has 0 amide bonds. The van der Waals surface area contributed by atoms with Gasteiger partial charge < -0.3 is 4.74 Å². The largest absolute Gasteiger partial charge is 0.496 e. The zero-order chi connectivity index (χ0) is 15.3. The van der Waals surface area contributed by atoms with Gasteiger partial charge in [0.25, 0.3) is 0 Å². The minimum absolute atomic E-state index is 0.0344. The van der Waals surface area contributed by atoms with Crippen LogP contribution in [-0.2, 0) is 15.8 Å². The lowest BCUT2D eigenvalue weighted by atomic mass is 10.1. The van der Waals surface area contributed by atoms with Crippen molar-refractivity contribution in [2.45, 2.75) is 18.7 Å². The molecule has 0 aliphatic rings. The van der Waals surface area contributed by atoms with E-state index in [4.69, 9.17) is 4.74 Å². The molecule has 21 heavy (non-hydrogen) atoms. The maximum absolute atomic E-state index is 12.2. The summed E-state index contributed by atoms with van der Waals surface area (Å²) in [4.78, 5) is 0. The number of rotatable bonds is 6. The van der Waals surface area contributed by atoms with Crippen LogP contribution in [-0.4, -0.2) is 15.5 Å². The molecule has 0 fully saturated rings. The van der Waals surface area contributed by atoms with E-state index in [1.807, 2.05) is 42.5 Å². The van der Waals surface area contributed by atoms with Crippen LogP contribution in [0.15, 0.2) is 54.6 Å². The summed E-state index contributed by atoms with van der Waals surface area (Å²) in [5, 5.41) is 0. The number of methoxy groups -OCH3 is 1. The van der Waals surface area contributed by atoms with Gasteiger partial charge in [-0.25, -0.2) is 13.1 Å². The van der Waals surface area contributed by atoms with Crippen molar-refractivity contribution in [2.75, 3.05) is 7.11 Å². The van der Waals surface area contributed by atoms with Crippen molar-refractivity contribution in [3.05, 3.63) is 65.7 Å². The second-order valence-corrected chi connectivity index (χ2v) is 6.58. The number of para-hydroxylation sites is 1. The van der Waals surface area contributed by atoms with Gasteiger partial charge in [-0.2, -0.15) is 0 Å². The predicted octanol–water partition coefficient (Wildman–Crippen LogP) is 2.88. The van der Waals surface area contributed by atoms with E-state index in [9.17, 15) is 8.42 Å². The molecule has 0 aliphatic heterocycles.